The smallest absolute Gasteiger partial charge is 0.335 e. The number of carbonyl (C=O) groups is 2. The van der Waals surface area contributed by atoms with Crippen LogP contribution in [0.2, 0.25) is 0 Å². The van der Waals surface area contributed by atoms with Crippen molar-refractivity contribution < 1.29 is 14.7 Å². The molecule has 0 aliphatic rings. The van der Waals surface area contributed by atoms with Crippen molar-refractivity contribution in [1.29, 1.82) is 0 Å². The Morgan fingerprint density at radius 2 is 2.00 bits per heavy atom. The Kier molecular flexibility index (Phi) is 4.53. The molecule has 19 heavy (non-hydrogen) atoms. The first-order chi connectivity index (χ1) is 8.77. The molecule has 0 bridgehead atoms. The van der Waals surface area contributed by atoms with Crippen molar-refractivity contribution in [2.24, 2.45) is 0 Å². The normalized spacial score (nSPS) is 10.9. The zero-order valence-electron chi connectivity index (χ0n) is 11.7. The fourth-order valence-corrected chi connectivity index (χ4v) is 1.45. The molecule has 0 spiro atoms. The molecule has 0 saturated heterocycles. The third-order valence-electron chi connectivity index (χ3n) is 3.44. The summed E-state index contributed by atoms with van der Waals surface area (Å²) < 4.78 is 0. The van der Waals surface area contributed by atoms with Gasteiger partial charge in [-0.25, -0.2) is 9.59 Å². The molecule has 0 aliphatic carbocycles. The van der Waals surface area contributed by atoms with E-state index < -0.39 is 5.97 Å². The molecule has 1 rings (SSSR count). The minimum Gasteiger partial charge on any atom is -0.478 e. The topological polar surface area (TPSA) is 69.6 Å². The van der Waals surface area contributed by atoms with E-state index in [2.05, 4.69) is 5.32 Å². The Hall–Kier alpha value is -2.04. The second-order valence-electron chi connectivity index (χ2n) is 5.04. The maximum Gasteiger partial charge on any atom is 0.335 e. The average Bonchev–Trinajstić information content (AvgIpc) is 2.38. The number of carboxylic acids is 1. The van der Waals surface area contributed by atoms with Crippen LogP contribution >= 0.6 is 0 Å². The van der Waals surface area contributed by atoms with E-state index in [0.29, 0.717) is 5.69 Å². The lowest BCUT2D eigenvalue weighted by molar-refractivity contribution is 0.0697. The predicted octanol–water partition coefficient (Wildman–Crippen LogP) is 3.04. The molecule has 2 amide bonds. The highest BCUT2D eigenvalue weighted by Gasteiger charge is 2.25. The number of hydrogen-bond donors (Lipinski definition) is 2. The minimum absolute atomic E-state index is 0.148. The Morgan fingerprint density at radius 1 is 1.37 bits per heavy atom. The summed E-state index contributed by atoms with van der Waals surface area (Å²) >= 11 is 0. The molecule has 2 N–H and O–H groups in total. The number of benzene rings is 1. The maximum absolute atomic E-state index is 12.1. The van der Waals surface area contributed by atoms with Gasteiger partial charge in [0, 0.05) is 18.3 Å². The average molecular weight is 264 g/mol. The standard InChI is InChI=1S/C14H20N2O3/c1-5-14(2,3)16(4)13(19)15-11-8-6-7-10(9-11)12(17)18/h6-9H,5H2,1-4H3,(H,15,19)(H,17,18). The van der Waals surface area contributed by atoms with E-state index >= 15 is 0 Å². The lowest BCUT2D eigenvalue weighted by atomic mass is 10.0. The van der Waals surface area contributed by atoms with Gasteiger partial charge >= 0.3 is 12.0 Å². The number of carbonyl (C=O) groups excluding carboxylic acids is 1. The van der Waals surface area contributed by atoms with Crippen LogP contribution in [0.4, 0.5) is 10.5 Å². The SMILES string of the molecule is CCC(C)(C)N(C)C(=O)Nc1cccc(C(=O)O)c1. The second kappa shape index (κ2) is 5.73. The lowest BCUT2D eigenvalue weighted by Gasteiger charge is -2.34. The van der Waals surface area contributed by atoms with Crippen LogP contribution in [-0.2, 0) is 0 Å². The summed E-state index contributed by atoms with van der Waals surface area (Å²) in [7, 11) is 1.72. The van der Waals surface area contributed by atoms with Crippen molar-refractivity contribution in [3.05, 3.63) is 29.8 Å². The molecule has 0 atom stereocenters. The highest BCUT2D eigenvalue weighted by atomic mass is 16.4. The first kappa shape index (κ1) is 15.0. The molecular formula is C14H20N2O3. The summed E-state index contributed by atoms with van der Waals surface area (Å²) in [5.74, 6) is -1.02. The van der Waals surface area contributed by atoms with Crippen LogP contribution in [-0.4, -0.2) is 34.6 Å². The number of anilines is 1. The molecule has 5 nitrogen and oxygen atoms in total. The van der Waals surface area contributed by atoms with Crippen molar-refractivity contribution in [2.45, 2.75) is 32.7 Å². The third kappa shape index (κ3) is 3.71. The molecule has 5 heteroatoms. The monoisotopic (exact) mass is 264 g/mol. The van der Waals surface area contributed by atoms with Gasteiger partial charge in [0.1, 0.15) is 0 Å². The summed E-state index contributed by atoms with van der Waals surface area (Å²) in [6.07, 6.45) is 0.825. The minimum atomic E-state index is -1.02. The highest BCUT2D eigenvalue weighted by molar-refractivity contribution is 5.93. The van der Waals surface area contributed by atoms with E-state index in [9.17, 15) is 9.59 Å². The van der Waals surface area contributed by atoms with Crippen molar-refractivity contribution in [3.63, 3.8) is 0 Å². The molecule has 0 fully saturated rings. The van der Waals surface area contributed by atoms with Gasteiger partial charge in [0.2, 0.25) is 0 Å². The number of carboxylic acid groups (broad SMARTS) is 1. The summed E-state index contributed by atoms with van der Waals surface area (Å²) in [6.45, 7) is 5.95. The van der Waals surface area contributed by atoms with Gasteiger partial charge in [0.15, 0.2) is 0 Å². The Bertz CT molecular complexity index is 483. The van der Waals surface area contributed by atoms with E-state index in [1.807, 2.05) is 20.8 Å². The van der Waals surface area contributed by atoms with E-state index in [1.165, 1.54) is 12.1 Å². The molecule has 0 saturated carbocycles. The van der Waals surface area contributed by atoms with Crippen LogP contribution in [0.3, 0.4) is 0 Å². The lowest BCUT2D eigenvalue weighted by Crippen LogP contribution is -2.46. The Balaban J connectivity index is 2.83. The Morgan fingerprint density at radius 3 is 2.53 bits per heavy atom. The van der Waals surface area contributed by atoms with Crippen LogP contribution in [0.5, 0.6) is 0 Å². The van der Waals surface area contributed by atoms with Crippen molar-refractivity contribution >= 4 is 17.7 Å². The number of urea groups is 1. The number of aromatic carboxylic acids is 1. The number of rotatable bonds is 4. The van der Waals surface area contributed by atoms with Crippen molar-refractivity contribution in [3.8, 4) is 0 Å². The molecule has 104 valence electrons. The number of nitrogens with one attached hydrogen (secondary N) is 1. The van der Waals surface area contributed by atoms with Crippen LogP contribution in [0.1, 0.15) is 37.6 Å². The summed E-state index contributed by atoms with van der Waals surface area (Å²) in [4.78, 5) is 24.5. The van der Waals surface area contributed by atoms with Gasteiger partial charge in [0.25, 0.3) is 0 Å². The maximum atomic E-state index is 12.1. The fraction of sp³-hybridized carbons (Fsp3) is 0.429. The van der Waals surface area contributed by atoms with Crippen molar-refractivity contribution in [2.75, 3.05) is 12.4 Å². The van der Waals surface area contributed by atoms with Gasteiger partial charge in [-0.1, -0.05) is 13.0 Å². The molecule has 0 radical (unpaired) electrons. The quantitative estimate of drug-likeness (QED) is 0.878. The van der Waals surface area contributed by atoms with E-state index in [4.69, 9.17) is 5.11 Å². The number of hydrogen-bond acceptors (Lipinski definition) is 2. The van der Waals surface area contributed by atoms with Gasteiger partial charge < -0.3 is 15.3 Å². The molecule has 0 unspecified atom stereocenters. The Labute approximate surface area is 113 Å². The zero-order chi connectivity index (χ0) is 14.6. The van der Waals surface area contributed by atoms with Gasteiger partial charge in [-0.3, -0.25) is 0 Å². The predicted molar refractivity (Wildman–Crippen MR) is 74.6 cm³/mol. The second-order valence-corrected chi connectivity index (χ2v) is 5.04. The number of nitrogens with zero attached hydrogens (tertiary/aromatic N) is 1. The molecular weight excluding hydrogens is 244 g/mol. The van der Waals surface area contributed by atoms with Crippen LogP contribution in [0, 0.1) is 0 Å². The molecule has 0 heterocycles. The zero-order valence-corrected chi connectivity index (χ0v) is 11.7. The molecule has 0 aromatic heterocycles. The van der Waals surface area contributed by atoms with Gasteiger partial charge in [-0.05, 0) is 38.5 Å². The van der Waals surface area contributed by atoms with Crippen LogP contribution < -0.4 is 5.32 Å². The third-order valence-corrected chi connectivity index (χ3v) is 3.44. The molecule has 1 aromatic carbocycles. The largest absolute Gasteiger partial charge is 0.478 e. The van der Waals surface area contributed by atoms with Crippen LogP contribution in [0.25, 0.3) is 0 Å². The molecule has 0 aliphatic heterocycles. The van der Waals surface area contributed by atoms with E-state index in [-0.39, 0.29) is 17.1 Å². The molecule has 1 aromatic rings. The summed E-state index contributed by atoms with van der Waals surface area (Å²) in [6, 6.07) is 5.93. The summed E-state index contributed by atoms with van der Waals surface area (Å²) in [5.41, 5.74) is 0.368. The number of amides is 2. The van der Waals surface area contributed by atoms with Crippen LogP contribution in [0.15, 0.2) is 24.3 Å². The first-order valence-electron chi connectivity index (χ1n) is 6.16. The highest BCUT2D eigenvalue weighted by Crippen LogP contribution is 2.18. The van der Waals surface area contributed by atoms with E-state index in [1.54, 1.807) is 24.1 Å². The fourth-order valence-electron chi connectivity index (χ4n) is 1.45. The van der Waals surface area contributed by atoms with Gasteiger partial charge in [0.05, 0.1) is 5.56 Å². The first-order valence-corrected chi connectivity index (χ1v) is 6.16. The van der Waals surface area contributed by atoms with Crippen molar-refractivity contribution in [1.82, 2.24) is 4.90 Å². The van der Waals surface area contributed by atoms with E-state index in [0.717, 1.165) is 6.42 Å². The van der Waals surface area contributed by atoms with Gasteiger partial charge in [-0.15, -0.1) is 0 Å². The van der Waals surface area contributed by atoms with Gasteiger partial charge in [-0.2, -0.15) is 0 Å². The summed E-state index contributed by atoms with van der Waals surface area (Å²) in [5, 5.41) is 11.6.